The minimum Gasteiger partial charge on any atom is -0.326 e. The molecule has 0 saturated heterocycles. The van der Waals surface area contributed by atoms with Crippen molar-refractivity contribution in [3.63, 3.8) is 0 Å². The molecule has 1 aromatic heterocycles. The largest absolute Gasteiger partial charge is 0.326 e. The van der Waals surface area contributed by atoms with E-state index in [-0.39, 0.29) is 23.1 Å². The van der Waals surface area contributed by atoms with Gasteiger partial charge in [0.2, 0.25) is 11.0 Å². The van der Waals surface area contributed by atoms with E-state index in [1.807, 2.05) is 18.2 Å². The van der Waals surface area contributed by atoms with Crippen LogP contribution in [0.4, 0.5) is 25.7 Å². The first-order valence-corrected chi connectivity index (χ1v) is 8.41. The molecular weight excluding hydrogens is 357 g/mol. The lowest BCUT2D eigenvalue weighted by Crippen LogP contribution is -2.19. The van der Waals surface area contributed by atoms with Crippen LogP contribution in [0, 0.1) is 5.82 Å². The summed E-state index contributed by atoms with van der Waals surface area (Å²) in [4.78, 5) is 23.9. The average Bonchev–Trinajstić information content (AvgIpc) is 3.04. The third-order valence-electron chi connectivity index (χ3n) is 3.18. The Morgan fingerprint density at radius 3 is 2.42 bits per heavy atom. The second-order valence-electron chi connectivity index (χ2n) is 5.15. The van der Waals surface area contributed by atoms with Gasteiger partial charge in [-0.3, -0.25) is 10.1 Å². The Morgan fingerprint density at radius 2 is 1.65 bits per heavy atom. The molecule has 1 heterocycles. The van der Waals surface area contributed by atoms with Crippen LogP contribution in [0.3, 0.4) is 0 Å². The Morgan fingerprint density at radius 1 is 0.923 bits per heavy atom. The maximum absolute atomic E-state index is 13.5. The summed E-state index contributed by atoms with van der Waals surface area (Å²) in [6.07, 6.45) is 0.0309. The minimum atomic E-state index is -0.647. The number of nitrogens with one attached hydrogen (secondary N) is 3. The molecule has 3 amide bonds. The number of halogens is 1. The van der Waals surface area contributed by atoms with Crippen LogP contribution in [-0.2, 0) is 11.2 Å². The molecule has 9 heteroatoms. The molecule has 132 valence electrons. The van der Waals surface area contributed by atoms with Crippen molar-refractivity contribution in [1.29, 1.82) is 0 Å². The van der Waals surface area contributed by atoms with Crippen LogP contribution in [-0.4, -0.2) is 22.1 Å². The first kappa shape index (κ1) is 17.5. The molecule has 0 bridgehead atoms. The molecule has 3 N–H and O–H groups in total. The summed E-state index contributed by atoms with van der Waals surface area (Å²) in [7, 11) is 0. The fourth-order valence-electron chi connectivity index (χ4n) is 2.05. The summed E-state index contributed by atoms with van der Waals surface area (Å²) in [6.45, 7) is 0. The zero-order valence-electron chi connectivity index (χ0n) is 13.4. The fraction of sp³-hybridized carbons (Fsp3) is 0.0588. The first-order valence-electron chi connectivity index (χ1n) is 7.60. The molecule has 0 spiro atoms. The lowest BCUT2D eigenvalue weighted by Gasteiger charge is -2.05. The van der Waals surface area contributed by atoms with Crippen LogP contribution in [0.1, 0.15) is 5.01 Å². The highest BCUT2D eigenvalue weighted by atomic mass is 32.1. The van der Waals surface area contributed by atoms with E-state index >= 15 is 0 Å². The van der Waals surface area contributed by atoms with Crippen molar-refractivity contribution in [2.24, 2.45) is 0 Å². The van der Waals surface area contributed by atoms with Crippen molar-refractivity contribution in [1.82, 2.24) is 10.2 Å². The maximum atomic E-state index is 13.5. The number of para-hydroxylation sites is 2. The lowest BCUT2D eigenvalue weighted by atomic mass is 10.3. The van der Waals surface area contributed by atoms with Crippen molar-refractivity contribution in [2.45, 2.75) is 6.42 Å². The van der Waals surface area contributed by atoms with Crippen molar-refractivity contribution < 1.29 is 14.0 Å². The molecule has 0 aliphatic carbocycles. The van der Waals surface area contributed by atoms with Crippen LogP contribution < -0.4 is 16.0 Å². The van der Waals surface area contributed by atoms with Crippen LogP contribution in [0.5, 0.6) is 0 Å². The number of urea groups is 1. The first-order chi connectivity index (χ1) is 12.6. The quantitative estimate of drug-likeness (QED) is 0.639. The van der Waals surface area contributed by atoms with Gasteiger partial charge in [0.05, 0.1) is 12.1 Å². The zero-order valence-corrected chi connectivity index (χ0v) is 14.2. The standard InChI is InChI=1S/C17H14FN5O2S/c18-12-8-4-5-9-13(12)20-16(25)21-17-23-22-15(26-17)10-14(24)19-11-6-2-1-3-7-11/h1-9H,10H2,(H,19,24)(H2,20,21,23,25). The molecule has 0 aliphatic rings. The number of carbonyl (C=O) groups is 2. The highest BCUT2D eigenvalue weighted by Crippen LogP contribution is 2.18. The number of carbonyl (C=O) groups excluding carboxylic acids is 2. The number of benzene rings is 2. The van der Waals surface area contributed by atoms with Gasteiger partial charge < -0.3 is 10.6 Å². The highest BCUT2D eigenvalue weighted by molar-refractivity contribution is 7.15. The number of amides is 3. The minimum absolute atomic E-state index is 0.0309. The summed E-state index contributed by atoms with van der Waals surface area (Å²) >= 11 is 1.07. The molecule has 0 radical (unpaired) electrons. The molecule has 2 aromatic carbocycles. The number of anilines is 3. The Labute approximate surface area is 152 Å². The monoisotopic (exact) mass is 371 g/mol. The van der Waals surface area contributed by atoms with E-state index in [0.717, 1.165) is 11.3 Å². The van der Waals surface area contributed by atoms with Gasteiger partial charge in [0, 0.05) is 5.69 Å². The number of nitrogens with zero attached hydrogens (tertiary/aromatic N) is 2. The maximum Gasteiger partial charge on any atom is 0.325 e. The second-order valence-corrected chi connectivity index (χ2v) is 6.21. The van der Waals surface area contributed by atoms with E-state index in [9.17, 15) is 14.0 Å². The second kappa shape index (κ2) is 8.17. The van der Waals surface area contributed by atoms with Crippen molar-refractivity contribution >= 4 is 39.8 Å². The van der Waals surface area contributed by atoms with Crippen LogP contribution in [0.25, 0.3) is 0 Å². The Hall–Kier alpha value is -3.33. The number of aromatic nitrogens is 2. The van der Waals surface area contributed by atoms with Gasteiger partial charge in [0.15, 0.2) is 0 Å². The van der Waals surface area contributed by atoms with Gasteiger partial charge in [-0.25, -0.2) is 9.18 Å². The summed E-state index contributed by atoms with van der Waals surface area (Å²) in [5.41, 5.74) is 0.738. The molecule has 0 atom stereocenters. The Balaban J connectivity index is 1.53. The molecular formula is C17H14FN5O2S. The van der Waals surface area contributed by atoms with Gasteiger partial charge >= 0.3 is 6.03 Å². The number of hydrogen-bond donors (Lipinski definition) is 3. The molecule has 3 rings (SSSR count). The number of rotatable bonds is 5. The van der Waals surface area contributed by atoms with Crippen molar-refractivity contribution in [3.8, 4) is 0 Å². The van der Waals surface area contributed by atoms with Crippen LogP contribution in [0.2, 0.25) is 0 Å². The SMILES string of the molecule is O=C(Cc1nnc(NC(=O)Nc2ccccc2F)s1)Nc1ccccc1. The smallest absolute Gasteiger partial charge is 0.325 e. The summed E-state index contributed by atoms with van der Waals surface area (Å²) < 4.78 is 13.5. The van der Waals surface area contributed by atoms with E-state index < -0.39 is 11.8 Å². The topological polar surface area (TPSA) is 96.0 Å². The third-order valence-corrected chi connectivity index (χ3v) is 4.02. The van der Waals surface area contributed by atoms with Crippen LogP contribution in [0.15, 0.2) is 54.6 Å². The Bertz CT molecular complexity index is 916. The molecule has 0 unspecified atom stereocenters. The summed E-state index contributed by atoms with van der Waals surface area (Å²) in [5, 5.41) is 15.9. The normalized spacial score (nSPS) is 10.2. The van der Waals surface area contributed by atoms with Gasteiger partial charge in [-0.2, -0.15) is 0 Å². The molecule has 0 aliphatic heterocycles. The van der Waals surface area contributed by atoms with E-state index in [4.69, 9.17) is 0 Å². The lowest BCUT2D eigenvalue weighted by molar-refractivity contribution is -0.115. The van der Waals surface area contributed by atoms with Gasteiger partial charge in [0.25, 0.3) is 0 Å². The predicted octanol–water partition coefficient (Wildman–Crippen LogP) is 3.50. The third kappa shape index (κ3) is 4.84. The van der Waals surface area contributed by atoms with E-state index in [2.05, 4.69) is 26.1 Å². The van der Waals surface area contributed by atoms with Gasteiger partial charge in [0.1, 0.15) is 10.8 Å². The van der Waals surface area contributed by atoms with E-state index in [0.29, 0.717) is 10.7 Å². The molecule has 0 saturated carbocycles. The van der Waals surface area contributed by atoms with E-state index in [1.165, 1.54) is 18.2 Å². The van der Waals surface area contributed by atoms with Gasteiger partial charge in [-0.1, -0.05) is 41.7 Å². The van der Waals surface area contributed by atoms with Gasteiger partial charge in [-0.15, -0.1) is 10.2 Å². The highest BCUT2D eigenvalue weighted by Gasteiger charge is 2.12. The predicted molar refractivity (Wildman–Crippen MR) is 97.7 cm³/mol. The molecule has 26 heavy (non-hydrogen) atoms. The van der Waals surface area contributed by atoms with E-state index in [1.54, 1.807) is 18.2 Å². The summed E-state index contributed by atoms with van der Waals surface area (Å²) in [6, 6.07) is 14.2. The molecule has 7 nitrogen and oxygen atoms in total. The fourth-order valence-corrected chi connectivity index (χ4v) is 2.79. The van der Waals surface area contributed by atoms with Crippen LogP contribution >= 0.6 is 11.3 Å². The van der Waals surface area contributed by atoms with Gasteiger partial charge in [-0.05, 0) is 24.3 Å². The van der Waals surface area contributed by atoms with Crippen molar-refractivity contribution in [3.05, 3.63) is 65.4 Å². The zero-order chi connectivity index (χ0) is 18.4. The molecule has 3 aromatic rings. The molecule has 0 fully saturated rings. The average molecular weight is 371 g/mol. The summed E-state index contributed by atoms with van der Waals surface area (Å²) in [5.74, 6) is -0.784. The Kier molecular flexibility index (Phi) is 5.49. The van der Waals surface area contributed by atoms with Crippen molar-refractivity contribution in [2.75, 3.05) is 16.0 Å². The number of hydrogen-bond acceptors (Lipinski definition) is 5.